The average Bonchev–Trinajstić information content (AvgIpc) is 3.50. The van der Waals surface area contributed by atoms with Gasteiger partial charge in [0.2, 0.25) is 0 Å². The molecule has 1 aliphatic heterocycles. The Morgan fingerprint density at radius 2 is 1.49 bits per heavy atom. The van der Waals surface area contributed by atoms with Gasteiger partial charge in [-0.05, 0) is 42.5 Å². The number of halogens is 3. The summed E-state index contributed by atoms with van der Waals surface area (Å²) in [6.07, 6.45) is -2.71. The van der Waals surface area contributed by atoms with Crippen LogP contribution >= 0.6 is 11.3 Å². The monoisotopic (exact) mass is 577 g/mol. The number of nitrogens with one attached hydrogen (secondary N) is 1. The van der Waals surface area contributed by atoms with Crippen LogP contribution in [-0.4, -0.2) is 41.3 Å². The van der Waals surface area contributed by atoms with Gasteiger partial charge in [-0.25, -0.2) is 4.98 Å². The third kappa shape index (κ3) is 6.85. The predicted octanol–water partition coefficient (Wildman–Crippen LogP) is 7.13. The van der Waals surface area contributed by atoms with E-state index in [-0.39, 0.29) is 23.3 Å². The molecule has 1 fully saturated rings. The third-order valence-electron chi connectivity index (χ3n) is 7.47. The number of thiazole rings is 1. The molecule has 4 aromatic rings. The molecule has 5 nitrogen and oxygen atoms in total. The Kier molecular flexibility index (Phi) is 8.83. The highest BCUT2D eigenvalue weighted by Gasteiger charge is 2.36. The summed E-state index contributed by atoms with van der Waals surface area (Å²) in [7, 11) is 0. The fourth-order valence-corrected chi connectivity index (χ4v) is 6.28. The van der Waals surface area contributed by atoms with Gasteiger partial charge in [0, 0.05) is 36.9 Å². The number of rotatable bonds is 8. The number of nitrogens with zero attached hydrogens (tertiary/aromatic N) is 2. The number of carbonyl (C=O) groups excluding carboxylic acids is 2. The summed E-state index contributed by atoms with van der Waals surface area (Å²) in [5, 5.41) is 5.56. The quantitative estimate of drug-likeness (QED) is 0.242. The van der Waals surface area contributed by atoms with E-state index in [9.17, 15) is 22.8 Å². The van der Waals surface area contributed by atoms with Crippen molar-refractivity contribution in [2.75, 3.05) is 19.6 Å². The van der Waals surface area contributed by atoms with Gasteiger partial charge in [0.1, 0.15) is 5.69 Å². The summed E-state index contributed by atoms with van der Waals surface area (Å²) in [6.45, 7) is 1.15. The number of benzene rings is 3. The minimum atomic E-state index is -4.59. The van der Waals surface area contributed by atoms with Crippen molar-refractivity contribution in [2.45, 2.75) is 37.3 Å². The van der Waals surface area contributed by atoms with Gasteiger partial charge in [-0.3, -0.25) is 9.59 Å². The van der Waals surface area contributed by atoms with Crippen LogP contribution in [0.25, 0.3) is 0 Å². The summed E-state index contributed by atoms with van der Waals surface area (Å²) in [5.41, 5.74) is 1.50. The Morgan fingerprint density at radius 3 is 2.10 bits per heavy atom. The summed E-state index contributed by atoms with van der Waals surface area (Å²) < 4.78 is 40.2. The molecule has 1 saturated heterocycles. The highest BCUT2D eigenvalue weighted by molar-refractivity contribution is 7.09. The first-order valence-electron chi connectivity index (χ1n) is 13.6. The lowest BCUT2D eigenvalue weighted by Crippen LogP contribution is -2.38. The highest BCUT2D eigenvalue weighted by atomic mass is 32.1. The van der Waals surface area contributed by atoms with Crippen LogP contribution in [0.4, 0.5) is 13.2 Å². The van der Waals surface area contributed by atoms with Gasteiger partial charge in [-0.2, -0.15) is 13.2 Å². The largest absolute Gasteiger partial charge is 0.417 e. The maximum atomic E-state index is 13.4. The molecule has 2 amide bonds. The predicted molar refractivity (Wildman–Crippen MR) is 153 cm³/mol. The van der Waals surface area contributed by atoms with E-state index in [2.05, 4.69) is 34.6 Å². The van der Waals surface area contributed by atoms with Crippen molar-refractivity contribution in [1.82, 2.24) is 15.2 Å². The van der Waals surface area contributed by atoms with Crippen molar-refractivity contribution in [3.05, 3.63) is 123 Å². The molecule has 2 heterocycles. The second-order valence-electron chi connectivity index (χ2n) is 10.1. The lowest BCUT2D eigenvalue weighted by molar-refractivity contribution is -0.138. The first-order chi connectivity index (χ1) is 19.8. The zero-order valence-electron chi connectivity index (χ0n) is 22.3. The summed E-state index contributed by atoms with van der Waals surface area (Å²) in [6, 6.07) is 25.3. The standard InChI is InChI=1S/C32H30F3N3O2S/c33-32(34,35)27-14-8-7-13-26(27)31(40)38-19-16-24(17-20-38)30-37-28(21-41-30)29(39)36-18-15-25(22-9-3-1-4-10-22)23-11-5-2-6-12-23/h1-14,21,24-25H,15-20H2,(H,36,39). The molecule has 0 radical (unpaired) electrons. The van der Waals surface area contributed by atoms with E-state index in [4.69, 9.17) is 0 Å². The van der Waals surface area contributed by atoms with E-state index < -0.39 is 17.6 Å². The van der Waals surface area contributed by atoms with E-state index in [1.807, 2.05) is 36.4 Å². The van der Waals surface area contributed by atoms with Crippen LogP contribution in [0.1, 0.15) is 73.6 Å². The van der Waals surface area contributed by atoms with Crippen molar-refractivity contribution in [3.63, 3.8) is 0 Å². The normalized spacial score (nSPS) is 14.3. The SMILES string of the molecule is O=C(NCCC(c1ccccc1)c1ccccc1)c1csc(C2CCN(C(=O)c3ccccc3C(F)(F)F)CC2)n1. The van der Waals surface area contributed by atoms with Crippen LogP contribution in [0.2, 0.25) is 0 Å². The Morgan fingerprint density at radius 1 is 0.902 bits per heavy atom. The van der Waals surface area contributed by atoms with Crippen LogP contribution in [0.5, 0.6) is 0 Å². The lowest BCUT2D eigenvalue weighted by Gasteiger charge is -2.31. The highest BCUT2D eigenvalue weighted by Crippen LogP contribution is 2.35. The van der Waals surface area contributed by atoms with E-state index in [1.54, 1.807) is 5.38 Å². The Balaban J connectivity index is 1.16. The van der Waals surface area contributed by atoms with Gasteiger partial charge in [0.25, 0.3) is 11.8 Å². The maximum Gasteiger partial charge on any atom is 0.417 e. The number of amides is 2. The molecule has 1 aliphatic rings. The van der Waals surface area contributed by atoms with E-state index in [0.717, 1.165) is 17.5 Å². The van der Waals surface area contributed by atoms with E-state index >= 15 is 0 Å². The molecule has 5 rings (SSSR count). The van der Waals surface area contributed by atoms with Crippen LogP contribution < -0.4 is 5.32 Å². The van der Waals surface area contributed by atoms with Crippen LogP contribution in [0, 0.1) is 0 Å². The summed E-state index contributed by atoms with van der Waals surface area (Å²) in [4.78, 5) is 31.8. The molecule has 0 atom stereocenters. The van der Waals surface area contributed by atoms with Crippen molar-refractivity contribution in [2.24, 2.45) is 0 Å². The number of aromatic nitrogens is 1. The molecule has 0 bridgehead atoms. The van der Waals surface area contributed by atoms with Gasteiger partial charge in [0.05, 0.1) is 16.1 Å². The molecule has 1 aromatic heterocycles. The number of carbonyl (C=O) groups is 2. The van der Waals surface area contributed by atoms with Gasteiger partial charge in [-0.15, -0.1) is 11.3 Å². The van der Waals surface area contributed by atoms with E-state index in [0.29, 0.717) is 38.2 Å². The lowest BCUT2D eigenvalue weighted by atomic mass is 9.88. The van der Waals surface area contributed by atoms with Crippen molar-refractivity contribution in [3.8, 4) is 0 Å². The zero-order valence-corrected chi connectivity index (χ0v) is 23.1. The first kappa shape index (κ1) is 28.5. The molecule has 0 spiro atoms. The van der Waals surface area contributed by atoms with Gasteiger partial charge in [-0.1, -0.05) is 72.8 Å². The zero-order chi connectivity index (χ0) is 28.8. The molecule has 1 N–H and O–H groups in total. The van der Waals surface area contributed by atoms with Crippen LogP contribution in [-0.2, 0) is 6.18 Å². The first-order valence-corrected chi connectivity index (χ1v) is 14.5. The number of hydrogen-bond acceptors (Lipinski definition) is 4. The molecule has 0 unspecified atom stereocenters. The molecule has 41 heavy (non-hydrogen) atoms. The van der Waals surface area contributed by atoms with Gasteiger partial charge >= 0.3 is 6.18 Å². The molecule has 212 valence electrons. The fraction of sp³-hybridized carbons (Fsp3) is 0.281. The second kappa shape index (κ2) is 12.7. The van der Waals surface area contributed by atoms with Gasteiger partial charge in [0.15, 0.2) is 0 Å². The number of alkyl halides is 3. The summed E-state index contributed by atoms with van der Waals surface area (Å²) >= 11 is 1.41. The third-order valence-corrected chi connectivity index (χ3v) is 8.48. The van der Waals surface area contributed by atoms with Crippen molar-refractivity contribution >= 4 is 23.2 Å². The Bertz CT molecular complexity index is 1430. The number of hydrogen-bond donors (Lipinski definition) is 1. The van der Waals surface area contributed by atoms with E-state index in [1.165, 1.54) is 45.6 Å². The molecular weight excluding hydrogens is 547 g/mol. The molecule has 9 heteroatoms. The topological polar surface area (TPSA) is 62.3 Å². The molecular formula is C32H30F3N3O2S. The Labute approximate surface area is 241 Å². The van der Waals surface area contributed by atoms with Crippen molar-refractivity contribution in [1.29, 1.82) is 0 Å². The number of likely N-dealkylation sites (tertiary alicyclic amines) is 1. The minimum Gasteiger partial charge on any atom is -0.351 e. The van der Waals surface area contributed by atoms with Crippen LogP contribution in [0.3, 0.4) is 0 Å². The minimum absolute atomic E-state index is 0.0454. The smallest absolute Gasteiger partial charge is 0.351 e. The van der Waals surface area contributed by atoms with Crippen LogP contribution in [0.15, 0.2) is 90.3 Å². The maximum absolute atomic E-state index is 13.4. The molecule has 3 aromatic carbocycles. The average molecular weight is 578 g/mol. The second-order valence-corrected chi connectivity index (χ2v) is 11.0. The molecule has 0 saturated carbocycles. The van der Waals surface area contributed by atoms with Gasteiger partial charge < -0.3 is 10.2 Å². The molecule has 0 aliphatic carbocycles. The number of piperidine rings is 1. The van der Waals surface area contributed by atoms with Crippen molar-refractivity contribution < 1.29 is 22.8 Å². The fourth-order valence-electron chi connectivity index (χ4n) is 5.31. The Hall–Kier alpha value is -3.98. The summed E-state index contributed by atoms with van der Waals surface area (Å²) in [5.74, 6) is -0.646.